The van der Waals surface area contributed by atoms with Crippen molar-refractivity contribution in [2.75, 3.05) is 18.4 Å². The Hall–Kier alpha value is -2.05. The largest absolute Gasteiger partial charge is 0.416 e. The number of hydrogen-bond donors (Lipinski definition) is 1. The van der Waals surface area contributed by atoms with Crippen LogP contribution < -0.4 is 5.32 Å². The zero-order valence-corrected chi connectivity index (χ0v) is 14.6. The van der Waals surface area contributed by atoms with Crippen LogP contribution in [0.15, 0.2) is 24.3 Å². The predicted octanol–water partition coefficient (Wildman–Crippen LogP) is 3.93. The van der Waals surface area contributed by atoms with Crippen LogP contribution in [-0.2, 0) is 15.8 Å². The van der Waals surface area contributed by atoms with E-state index in [0.717, 1.165) is 25.0 Å². The Labute approximate surface area is 145 Å². The molecule has 1 atom stereocenters. The first kappa shape index (κ1) is 19.3. The monoisotopic (exact) mass is 356 g/mol. The number of nitrogens with one attached hydrogen (secondary N) is 1. The van der Waals surface area contributed by atoms with Crippen molar-refractivity contribution in [1.82, 2.24) is 4.90 Å². The van der Waals surface area contributed by atoms with Gasteiger partial charge in [0.25, 0.3) is 0 Å². The molecule has 1 saturated heterocycles. The van der Waals surface area contributed by atoms with E-state index in [9.17, 15) is 22.8 Å². The fraction of sp³-hybridized carbons (Fsp3) is 0.556. The van der Waals surface area contributed by atoms with E-state index in [1.807, 2.05) is 0 Å². The van der Waals surface area contributed by atoms with Crippen LogP contribution in [0.1, 0.15) is 39.2 Å². The van der Waals surface area contributed by atoms with Crippen LogP contribution in [0.5, 0.6) is 0 Å². The van der Waals surface area contributed by atoms with Crippen molar-refractivity contribution >= 4 is 17.5 Å². The molecule has 1 heterocycles. The third-order valence-corrected chi connectivity index (χ3v) is 4.49. The zero-order chi connectivity index (χ0) is 18.8. The standard InChI is InChI=1S/C18H23F3N2O2/c1-12-6-5-9-23(11-12)16(25)17(2,3)15(24)22-14-8-4-7-13(10-14)18(19,20)21/h4,7-8,10,12H,5-6,9,11H2,1-3H3,(H,22,24). The molecule has 0 saturated carbocycles. The van der Waals surface area contributed by atoms with Gasteiger partial charge >= 0.3 is 6.18 Å². The molecular formula is C18H23F3N2O2. The Morgan fingerprint density at radius 2 is 1.92 bits per heavy atom. The quantitative estimate of drug-likeness (QED) is 0.835. The Bertz CT molecular complexity index is 656. The van der Waals surface area contributed by atoms with Gasteiger partial charge in [0, 0.05) is 18.8 Å². The van der Waals surface area contributed by atoms with E-state index in [1.165, 1.54) is 26.0 Å². The van der Waals surface area contributed by atoms with E-state index in [2.05, 4.69) is 12.2 Å². The van der Waals surface area contributed by atoms with Gasteiger partial charge in [-0.2, -0.15) is 13.2 Å². The molecule has 1 aromatic carbocycles. The summed E-state index contributed by atoms with van der Waals surface area (Å²) >= 11 is 0. The number of alkyl halides is 3. The van der Waals surface area contributed by atoms with Gasteiger partial charge in [0.2, 0.25) is 11.8 Å². The molecule has 1 aromatic rings. The molecule has 1 aliphatic heterocycles. The highest BCUT2D eigenvalue weighted by Gasteiger charge is 2.40. The molecule has 0 aliphatic carbocycles. The average molecular weight is 356 g/mol. The molecule has 25 heavy (non-hydrogen) atoms. The summed E-state index contributed by atoms with van der Waals surface area (Å²) in [6, 6.07) is 4.39. The number of halogens is 3. The van der Waals surface area contributed by atoms with Crippen molar-refractivity contribution < 1.29 is 22.8 Å². The minimum absolute atomic E-state index is 0.0210. The molecule has 0 aromatic heterocycles. The molecule has 0 spiro atoms. The van der Waals surface area contributed by atoms with Crippen LogP contribution in [0.4, 0.5) is 18.9 Å². The van der Waals surface area contributed by atoms with Gasteiger partial charge in [0.05, 0.1) is 5.56 Å². The summed E-state index contributed by atoms with van der Waals surface area (Å²) in [6.07, 6.45) is -2.56. The first-order valence-corrected chi connectivity index (χ1v) is 8.30. The number of piperidine rings is 1. The first-order chi connectivity index (χ1) is 11.5. The van der Waals surface area contributed by atoms with Gasteiger partial charge in [0.1, 0.15) is 5.41 Å². The molecule has 1 fully saturated rings. The second-order valence-electron chi connectivity index (χ2n) is 7.16. The summed E-state index contributed by atoms with van der Waals surface area (Å²) < 4.78 is 38.3. The topological polar surface area (TPSA) is 49.4 Å². The summed E-state index contributed by atoms with van der Waals surface area (Å²) in [5.41, 5.74) is -2.18. The molecule has 7 heteroatoms. The SMILES string of the molecule is CC1CCCN(C(=O)C(C)(C)C(=O)Nc2cccc(C(F)(F)F)c2)C1. The molecular weight excluding hydrogens is 333 g/mol. The van der Waals surface area contributed by atoms with E-state index in [4.69, 9.17) is 0 Å². The number of anilines is 1. The third kappa shape index (κ3) is 4.52. The highest BCUT2D eigenvalue weighted by Crippen LogP contribution is 2.31. The summed E-state index contributed by atoms with van der Waals surface area (Å²) in [5.74, 6) is -0.543. The van der Waals surface area contributed by atoms with Crippen molar-refractivity contribution in [3.63, 3.8) is 0 Å². The van der Waals surface area contributed by atoms with E-state index in [-0.39, 0.29) is 11.6 Å². The minimum Gasteiger partial charge on any atom is -0.342 e. The van der Waals surface area contributed by atoms with Gasteiger partial charge in [-0.05, 0) is 50.8 Å². The van der Waals surface area contributed by atoms with Crippen molar-refractivity contribution in [3.8, 4) is 0 Å². The van der Waals surface area contributed by atoms with E-state index >= 15 is 0 Å². The molecule has 4 nitrogen and oxygen atoms in total. The van der Waals surface area contributed by atoms with Crippen LogP contribution in [0.3, 0.4) is 0 Å². The van der Waals surface area contributed by atoms with Gasteiger partial charge in [-0.1, -0.05) is 13.0 Å². The van der Waals surface area contributed by atoms with Crippen LogP contribution in [0.2, 0.25) is 0 Å². The highest BCUT2D eigenvalue weighted by molar-refractivity contribution is 6.09. The smallest absolute Gasteiger partial charge is 0.342 e. The Morgan fingerprint density at radius 1 is 1.24 bits per heavy atom. The van der Waals surface area contributed by atoms with Gasteiger partial charge in [-0.3, -0.25) is 9.59 Å². The summed E-state index contributed by atoms with van der Waals surface area (Å²) in [4.78, 5) is 26.9. The molecule has 2 rings (SSSR count). The molecule has 1 aliphatic rings. The van der Waals surface area contributed by atoms with Crippen LogP contribution in [-0.4, -0.2) is 29.8 Å². The van der Waals surface area contributed by atoms with Crippen molar-refractivity contribution in [2.24, 2.45) is 11.3 Å². The number of carbonyl (C=O) groups is 2. The molecule has 1 unspecified atom stereocenters. The van der Waals surface area contributed by atoms with Crippen LogP contribution in [0, 0.1) is 11.3 Å². The maximum absolute atomic E-state index is 12.8. The predicted molar refractivity (Wildman–Crippen MR) is 88.8 cm³/mol. The van der Waals surface area contributed by atoms with Gasteiger partial charge in [-0.25, -0.2) is 0 Å². The number of benzene rings is 1. The Kier molecular flexibility index (Phi) is 5.44. The number of rotatable bonds is 3. The lowest BCUT2D eigenvalue weighted by Crippen LogP contribution is -2.50. The lowest BCUT2D eigenvalue weighted by Gasteiger charge is -2.36. The fourth-order valence-electron chi connectivity index (χ4n) is 2.93. The molecule has 2 amide bonds. The fourth-order valence-corrected chi connectivity index (χ4v) is 2.93. The molecule has 1 N–H and O–H groups in total. The minimum atomic E-state index is -4.49. The normalized spacial score (nSPS) is 18.8. The van der Waals surface area contributed by atoms with Crippen molar-refractivity contribution in [2.45, 2.75) is 39.8 Å². The maximum atomic E-state index is 12.8. The van der Waals surface area contributed by atoms with Gasteiger partial charge in [0.15, 0.2) is 0 Å². The average Bonchev–Trinajstić information content (AvgIpc) is 2.53. The Morgan fingerprint density at radius 3 is 2.52 bits per heavy atom. The number of carbonyl (C=O) groups excluding carboxylic acids is 2. The maximum Gasteiger partial charge on any atom is 0.416 e. The molecule has 0 radical (unpaired) electrons. The van der Waals surface area contributed by atoms with Gasteiger partial charge < -0.3 is 10.2 Å². The van der Waals surface area contributed by atoms with E-state index < -0.39 is 23.1 Å². The Balaban J connectivity index is 2.12. The van der Waals surface area contributed by atoms with Crippen molar-refractivity contribution in [1.29, 1.82) is 0 Å². The van der Waals surface area contributed by atoms with Gasteiger partial charge in [-0.15, -0.1) is 0 Å². The summed E-state index contributed by atoms with van der Waals surface area (Å²) in [5, 5.41) is 2.44. The first-order valence-electron chi connectivity index (χ1n) is 8.30. The second-order valence-corrected chi connectivity index (χ2v) is 7.16. The number of nitrogens with zero attached hydrogens (tertiary/aromatic N) is 1. The highest BCUT2D eigenvalue weighted by atomic mass is 19.4. The summed E-state index contributed by atoms with van der Waals surface area (Å²) in [6.45, 7) is 6.24. The summed E-state index contributed by atoms with van der Waals surface area (Å²) in [7, 11) is 0. The number of amides is 2. The number of hydrogen-bond acceptors (Lipinski definition) is 2. The van der Waals surface area contributed by atoms with E-state index in [1.54, 1.807) is 4.90 Å². The van der Waals surface area contributed by atoms with Crippen LogP contribution in [0.25, 0.3) is 0 Å². The molecule has 138 valence electrons. The lowest BCUT2D eigenvalue weighted by molar-refractivity contribution is -0.147. The van der Waals surface area contributed by atoms with Crippen molar-refractivity contribution in [3.05, 3.63) is 29.8 Å². The molecule has 0 bridgehead atoms. The lowest BCUT2D eigenvalue weighted by atomic mass is 9.88. The second kappa shape index (κ2) is 7.06. The number of likely N-dealkylation sites (tertiary alicyclic amines) is 1. The van der Waals surface area contributed by atoms with Crippen LogP contribution >= 0.6 is 0 Å². The van der Waals surface area contributed by atoms with E-state index in [0.29, 0.717) is 19.0 Å². The third-order valence-electron chi connectivity index (χ3n) is 4.49. The zero-order valence-electron chi connectivity index (χ0n) is 14.6.